The van der Waals surface area contributed by atoms with Crippen LogP contribution in [0.1, 0.15) is 10.4 Å². The molecule has 0 bridgehead atoms. The normalized spacial score (nSPS) is 9.18. The van der Waals surface area contributed by atoms with Crippen molar-refractivity contribution in [2.45, 2.75) is 0 Å². The highest BCUT2D eigenvalue weighted by molar-refractivity contribution is 8.93. The second-order valence-electron chi connectivity index (χ2n) is 2.88. The van der Waals surface area contributed by atoms with Gasteiger partial charge < -0.3 is 5.73 Å². The Morgan fingerprint density at radius 3 is 2.35 bits per heavy atom. The molecule has 0 aliphatic heterocycles. The van der Waals surface area contributed by atoms with Crippen LogP contribution in [0, 0.1) is 15.5 Å². The Kier molecular flexibility index (Phi) is 6.44. The number of nitrogens with zero attached hydrogens (tertiary/aromatic N) is 1. The van der Waals surface area contributed by atoms with Gasteiger partial charge in [-0.1, -0.05) is 11.8 Å². The lowest BCUT2D eigenvalue weighted by Crippen LogP contribution is -2.10. The van der Waals surface area contributed by atoms with E-state index in [-0.39, 0.29) is 39.4 Å². The molecular formula is C9H10BrN3O3S. The molecule has 0 atom stereocenters. The van der Waals surface area contributed by atoms with E-state index < -0.39 is 4.92 Å². The van der Waals surface area contributed by atoms with Crippen molar-refractivity contribution in [3.63, 3.8) is 0 Å². The van der Waals surface area contributed by atoms with Gasteiger partial charge in [0, 0.05) is 17.7 Å². The number of Topliss-reactive ketones (excluding diaryl/α,β-unsaturated/α-hetero) is 1. The van der Waals surface area contributed by atoms with Crippen molar-refractivity contribution in [2.75, 3.05) is 5.75 Å². The molecule has 0 saturated heterocycles. The number of thioether (sulfide) groups is 1. The molecule has 1 aromatic carbocycles. The third-order valence-electron chi connectivity index (χ3n) is 1.76. The summed E-state index contributed by atoms with van der Waals surface area (Å²) in [4.78, 5) is 21.3. The third-order valence-corrected chi connectivity index (χ3v) is 2.48. The summed E-state index contributed by atoms with van der Waals surface area (Å²) in [7, 11) is 0. The fraction of sp³-hybridized carbons (Fsp3) is 0.111. The molecule has 0 radical (unpaired) electrons. The smallest absolute Gasteiger partial charge is 0.269 e. The molecule has 0 aliphatic carbocycles. The number of amidine groups is 1. The number of benzene rings is 1. The molecular weight excluding hydrogens is 310 g/mol. The van der Waals surface area contributed by atoms with Crippen LogP contribution in [0.15, 0.2) is 24.3 Å². The Morgan fingerprint density at radius 1 is 1.41 bits per heavy atom. The van der Waals surface area contributed by atoms with Gasteiger partial charge in [0.25, 0.3) is 5.69 Å². The number of rotatable bonds is 4. The Labute approximate surface area is 112 Å². The van der Waals surface area contributed by atoms with Gasteiger partial charge in [0.1, 0.15) is 0 Å². The van der Waals surface area contributed by atoms with Gasteiger partial charge in [0.15, 0.2) is 11.0 Å². The SMILES string of the molecule is Br.N=C(N)SCC(=O)c1ccc([N+](=O)[O-])cc1. The summed E-state index contributed by atoms with van der Waals surface area (Å²) in [5.41, 5.74) is 5.40. The van der Waals surface area contributed by atoms with Crippen LogP contribution in [-0.4, -0.2) is 21.6 Å². The average molecular weight is 320 g/mol. The van der Waals surface area contributed by atoms with E-state index in [2.05, 4.69) is 0 Å². The summed E-state index contributed by atoms with van der Waals surface area (Å²) in [6.07, 6.45) is 0. The second kappa shape index (κ2) is 7.02. The number of nitro benzene ring substituents is 1. The van der Waals surface area contributed by atoms with Crippen LogP contribution >= 0.6 is 28.7 Å². The molecule has 8 heteroatoms. The van der Waals surface area contributed by atoms with Crippen LogP contribution < -0.4 is 5.73 Å². The van der Waals surface area contributed by atoms with Crippen LogP contribution in [0.5, 0.6) is 0 Å². The van der Waals surface area contributed by atoms with Gasteiger partial charge in [-0.05, 0) is 12.1 Å². The highest BCUT2D eigenvalue weighted by Gasteiger charge is 2.09. The zero-order valence-electron chi connectivity index (χ0n) is 8.58. The van der Waals surface area contributed by atoms with Crippen LogP contribution in [0.25, 0.3) is 0 Å². The third kappa shape index (κ3) is 4.96. The molecule has 1 aromatic rings. The predicted octanol–water partition coefficient (Wildman–Crippen LogP) is 1.98. The minimum absolute atomic E-state index is 0. The number of halogens is 1. The van der Waals surface area contributed by atoms with Crippen molar-refractivity contribution in [1.82, 2.24) is 0 Å². The monoisotopic (exact) mass is 319 g/mol. The summed E-state index contributed by atoms with van der Waals surface area (Å²) in [5, 5.41) is 17.2. The van der Waals surface area contributed by atoms with Gasteiger partial charge in [-0.3, -0.25) is 20.3 Å². The molecule has 0 unspecified atom stereocenters. The molecule has 1 rings (SSSR count). The number of hydrogen-bond acceptors (Lipinski definition) is 5. The molecule has 0 saturated carbocycles. The first-order chi connectivity index (χ1) is 7.50. The molecule has 0 amide bonds. The molecule has 17 heavy (non-hydrogen) atoms. The topological polar surface area (TPSA) is 110 Å². The van der Waals surface area contributed by atoms with Crippen molar-refractivity contribution in [3.05, 3.63) is 39.9 Å². The number of nitrogens with two attached hydrogens (primary N) is 1. The van der Waals surface area contributed by atoms with E-state index in [0.717, 1.165) is 11.8 Å². The highest BCUT2D eigenvalue weighted by atomic mass is 79.9. The van der Waals surface area contributed by atoms with E-state index in [0.29, 0.717) is 5.56 Å². The first-order valence-corrected chi connectivity index (χ1v) is 5.23. The molecule has 6 nitrogen and oxygen atoms in total. The maximum Gasteiger partial charge on any atom is 0.269 e. The van der Waals surface area contributed by atoms with Gasteiger partial charge in [-0.2, -0.15) is 0 Å². The van der Waals surface area contributed by atoms with Gasteiger partial charge >= 0.3 is 0 Å². The van der Waals surface area contributed by atoms with Gasteiger partial charge in [-0.15, -0.1) is 17.0 Å². The van der Waals surface area contributed by atoms with Gasteiger partial charge in [0.05, 0.1) is 10.7 Å². The number of hydrogen-bond donors (Lipinski definition) is 2. The fourth-order valence-corrected chi connectivity index (χ4v) is 1.45. The minimum atomic E-state index is -0.529. The van der Waals surface area contributed by atoms with E-state index in [1.54, 1.807) is 0 Å². The Bertz CT molecular complexity index is 436. The maximum absolute atomic E-state index is 11.5. The van der Waals surface area contributed by atoms with Crippen LogP contribution in [0.3, 0.4) is 0 Å². The largest absolute Gasteiger partial charge is 0.379 e. The summed E-state index contributed by atoms with van der Waals surface area (Å²) in [5.74, 6) is -0.150. The summed E-state index contributed by atoms with van der Waals surface area (Å²) in [6, 6.07) is 5.32. The zero-order valence-corrected chi connectivity index (χ0v) is 11.1. The maximum atomic E-state index is 11.5. The number of nitro groups is 1. The van der Waals surface area contributed by atoms with E-state index in [9.17, 15) is 14.9 Å². The number of non-ortho nitro benzene ring substituents is 1. The highest BCUT2D eigenvalue weighted by Crippen LogP contribution is 2.13. The van der Waals surface area contributed by atoms with E-state index in [1.807, 2.05) is 0 Å². The first-order valence-electron chi connectivity index (χ1n) is 4.25. The summed E-state index contributed by atoms with van der Waals surface area (Å²) < 4.78 is 0. The number of ketones is 1. The number of carbonyl (C=O) groups is 1. The number of nitrogens with one attached hydrogen (secondary N) is 1. The van der Waals surface area contributed by atoms with Crippen LogP contribution in [-0.2, 0) is 0 Å². The van der Waals surface area contributed by atoms with Gasteiger partial charge in [0.2, 0.25) is 0 Å². The zero-order chi connectivity index (χ0) is 12.1. The molecule has 3 N–H and O–H groups in total. The minimum Gasteiger partial charge on any atom is -0.379 e. The Morgan fingerprint density at radius 2 is 1.94 bits per heavy atom. The standard InChI is InChI=1S/C9H9N3O3S.BrH/c10-9(11)16-5-8(13)6-1-3-7(4-2-6)12(14)15;/h1-4H,5H2,(H3,10,11);1H. The number of carbonyl (C=O) groups excluding carboxylic acids is 1. The van der Waals surface area contributed by atoms with Crippen molar-refractivity contribution in [2.24, 2.45) is 5.73 Å². The second-order valence-corrected chi connectivity index (χ2v) is 3.90. The van der Waals surface area contributed by atoms with Crippen molar-refractivity contribution >= 4 is 45.4 Å². The fourth-order valence-electron chi connectivity index (χ4n) is 0.996. The first kappa shape index (κ1) is 15.6. The molecule has 92 valence electrons. The summed E-state index contributed by atoms with van der Waals surface area (Å²) >= 11 is 0.922. The van der Waals surface area contributed by atoms with Crippen LogP contribution in [0.2, 0.25) is 0 Å². The quantitative estimate of drug-likeness (QED) is 0.290. The Balaban J connectivity index is 0.00000256. The molecule has 0 fully saturated rings. The predicted molar refractivity (Wildman–Crippen MR) is 72.1 cm³/mol. The van der Waals surface area contributed by atoms with E-state index in [4.69, 9.17) is 11.1 Å². The Hall–Kier alpha value is -1.41. The van der Waals surface area contributed by atoms with Crippen LogP contribution in [0.4, 0.5) is 5.69 Å². The molecule has 0 aliphatic rings. The van der Waals surface area contributed by atoms with Gasteiger partial charge in [-0.25, -0.2) is 0 Å². The lowest BCUT2D eigenvalue weighted by atomic mass is 10.1. The van der Waals surface area contributed by atoms with Crippen molar-refractivity contribution in [1.29, 1.82) is 5.41 Å². The molecule has 0 heterocycles. The van der Waals surface area contributed by atoms with E-state index in [1.165, 1.54) is 24.3 Å². The van der Waals surface area contributed by atoms with Crippen molar-refractivity contribution < 1.29 is 9.72 Å². The molecule has 0 aromatic heterocycles. The lowest BCUT2D eigenvalue weighted by molar-refractivity contribution is -0.384. The summed E-state index contributed by atoms with van der Waals surface area (Å²) in [6.45, 7) is 0. The van der Waals surface area contributed by atoms with Crippen molar-refractivity contribution in [3.8, 4) is 0 Å². The average Bonchev–Trinajstić information content (AvgIpc) is 2.26. The lowest BCUT2D eigenvalue weighted by Gasteiger charge is -1.99. The van der Waals surface area contributed by atoms with E-state index >= 15 is 0 Å². The molecule has 0 spiro atoms.